The van der Waals surface area contributed by atoms with Crippen LogP contribution in [0.1, 0.15) is 26.2 Å². The lowest BCUT2D eigenvalue weighted by Gasteiger charge is -2.31. The van der Waals surface area contributed by atoms with Crippen LogP contribution in [0.5, 0.6) is 0 Å². The maximum absolute atomic E-state index is 13.6. The Bertz CT molecular complexity index is 680. The van der Waals surface area contributed by atoms with Gasteiger partial charge >= 0.3 is 0 Å². The summed E-state index contributed by atoms with van der Waals surface area (Å²) in [5.74, 6) is -5.45. The lowest BCUT2D eigenvalue weighted by atomic mass is 10.00. The van der Waals surface area contributed by atoms with Gasteiger partial charge in [0.2, 0.25) is 11.8 Å². The summed E-state index contributed by atoms with van der Waals surface area (Å²) in [6.07, 6.45) is 2.45. The third kappa shape index (κ3) is 3.25. The molecular formula is C17H19F3N2O2. The molecule has 0 bridgehead atoms. The van der Waals surface area contributed by atoms with Crippen LogP contribution in [-0.4, -0.2) is 29.8 Å². The van der Waals surface area contributed by atoms with Crippen LogP contribution < -0.4 is 5.32 Å². The number of carbonyl (C=O) groups is 2. The molecule has 2 amide bonds. The van der Waals surface area contributed by atoms with Crippen molar-refractivity contribution in [3.05, 3.63) is 29.6 Å². The zero-order chi connectivity index (χ0) is 17.4. The van der Waals surface area contributed by atoms with Crippen LogP contribution in [0, 0.1) is 35.2 Å². The third-order valence-electron chi connectivity index (χ3n) is 4.71. The monoisotopic (exact) mass is 340 g/mol. The van der Waals surface area contributed by atoms with Gasteiger partial charge < -0.3 is 10.2 Å². The van der Waals surface area contributed by atoms with Gasteiger partial charge in [-0.1, -0.05) is 6.92 Å². The minimum absolute atomic E-state index is 0.0486. The van der Waals surface area contributed by atoms with E-state index in [9.17, 15) is 22.8 Å². The Morgan fingerprint density at radius 2 is 1.92 bits per heavy atom. The fourth-order valence-electron chi connectivity index (χ4n) is 3.23. The molecule has 3 unspecified atom stereocenters. The quantitative estimate of drug-likeness (QED) is 0.860. The third-order valence-corrected chi connectivity index (χ3v) is 4.71. The molecule has 3 rings (SSSR count). The number of anilines is 1. The lowest BCUT2D eigenvalue weighted by Crippen LogP contribution is -2.40. The van der Waals surface area contributed by atoms with Gasteiger partial charge in [0.05, 0.1) is 17.5 Å². The van der Waals surface area contributed by atoms with Crippen LogP contribution in [0.3, 0.4) is 0 Å². The Kier molecular flexibility index (Phi) is 4.51. The first-order valence-electron chi connectivity index (χ1n) is 8.11. The van der Waals surface area contributed by atoms with Crippen molar-refractivity contribution in [1.82, 2.24) is 4.90 Å². The molecule has 130 valence electrons. The van der Waals surface area contributed by atoms with Gasteiger partial charge in [0.1, 0.15) is 0 Å². The molecule has 1 aliphatic carbocycles. The number of halogens is 3. The molecule has 3 atom stereocenters. The standard InChI is InChI=1S/C17H19F3N2O2/c1-9-3-2-6-22(8-9)17(24)11-7-10(11)16(23)21-13-5-4-12(18)14(19)15(13)20/h4-5,9-11H,2-3,6-8H2,1H3,(H,21,23). The van der Waals surface area contributed by atoms with Gasteiger partial charge in [-0.05, 0) is 37.3 Å². The first-order valence-corrected chi connectivity index (χ1v) is 8.11. The minimum Gasteiger partial charge on any atom is -0.342 e. The normalized spacial score (nSPS) is 26.2. The summed E-state index contributed by atoms with van der Waals surface area (Å²) in [6.45, 7) is 3.48. The van der Waals surface area contributed by atoms with Crippen molar-refractivity contribution in [3.63, 3.8) is 0 Å². The number of amides is 2. The van der Waals surface area contributed by atoms with E-state index in [0.29, 0.717) is 25.4 Å². The van der Waals surface area contributed by atoms with E-state index in [1.165, 1.54) is 0 Å². The van der Waals surface area contributed by atoms with Gasteiger partial charge in [-0.15, -0.1) is 0 Å². The van der Waals surface area contributed by atoms with Crippen LogP contribution in [0.15, 0.2) is 12.1 Å². The lowest BCUT2D eigenvalue weighted by molar-refractivity contribution is -0.135. The fourth-order valence-corrected chi connectivity index (χ4v) is 3.23. The molecule has 2 aliphatic rings. The van der Waals surface area contributed by atoms with E-state index in [1.54, 1.807) is 4.90 Å². The van der Waals surface area contributed by atoms with E-state index in [-0.39, 0.29) is 5.91 Å². The average molecular weight is 340 g/mol. The maximum Gasteiger partial charge on any atom is 0.228 e. The van der Waals surface area contributed by atoms with Gasteiger partial charge in [-0.3, -0.25) is 9.59 Å². The van der Waals surface area contributed by atoms with Crippen molar-refractivity contribution < 1.29 is 22.8 Å². The molecule has 1 saturated carbocycles. The second kappa shape index (κ2) is 6.45. The summed E-state index contributed by atoms with van der Waals surface area (Å²) in [5.41, 5.74) is -0.413. The number of rotatable bonds is 3. The second-order valence-corrected chi connectivity index (χ2v) is 6.69. The van der Waals surface area contributed by atoms with E-state index in [4.69, 9.17) is 0 Å². The molecule has 7 heteroatoms. The Morgan fingerprint density at radius 1 is 1.17 bits per heavy atom. The molecule has 0 aromatic heterocycles. The summed E-state index contributed by atoms with van der Waals surface area (Å²) in [6, 6.07) is 1.72. The highest BCUT2D eigenvalue weighted by Gasteiger charge is 2.49. The topological polar surface area (TPSA) is 49.4 Å². The summed E-state index contributed by atoms with van der Waals surface area (Å²) in [5, 5.41) is 2.25. The molecule has 4 nitrogen and oxygen atoms in total. The molecule has 0 radical (unpaired) electrons. The van der Waals surface area contributed by atoms with Gasteiger partial charge in [0.25, 0.3) is 0 Å². The predicted octanol–water partition coefficient (Wildman–Crippen LogP) is 2.94. The van der Waals surface area contributed by atoms with Crippen LogP contribution in [0.4, 0.5) is 18.9 Å². The van der Waals surface area contributed by atoms with Crippen molar-refractivity contribution in [3.8, 4) is 0 Å². The van der Waals surface area contributed by atoms with E-state index in [2.05, 4.69) is 12.2 Å². The van der Waals surface area contributed by atoms with Crippen molar-refractivity contribution in [2.75, 3.05) is 18.4 Å². The van der Waals surface area contributed by atoms with Crippen LogP contribution in [-0.2, 0) is 9.59 Å². The molecule has 1 N–H and O–H groups in total. The second-order valence-electron chi connectivity index (χ2n) is 6.69. The molecule has 1 aromatic carbocycles. The number of hydrogen-bond donors (Lipinski definition) is 1. The highest BCUT2D eigenvalue weighted by molar-refractivity contribution is 5.99. The summed E-state index contributed by atoms with van der Waals surface area (Å²) in [4.78, 5) is 26.3. The Hall–Kier alpha value is -2.05. The number of carbonyl (C=O) groups excluding carboxylic acids is 2. The summed E-state index contributed by atoms with van der Waals surface area (Å²) in [7, 11) is 0. The van der Waals surface area contributed by atoms with Crippen LogP contribution in [0.2, 0.25) is 0 Å². The SMILES string of the molecule is CC1CCCN(C(=O)C2CC2C(=O)Nc2ccc(F)c(F)c2F)C1. The van der Waals surface area contributed by atoms with Gasteiger partial charge in [-0.2, -0.15) is 0 Å². The van der Waals surface area contributed by atoms with E-state index < -0.39 is 40.9 Å². The number of piperidine rings is 1. The zero-order valence-electron chi connectivity index (χ0n) is 13.3. The van der Waals surface area contributed by atoms with E-state index in [0.717, 1.165) is 25.0 Å². The molecular weight excluding hydrogens is 321 g/mol. The predicted molar refractivity (Wildman–Crippen MR) is 81.5 cm³/mol. The molecule has 1 saturated heterocycles. The molecule has 0 spiro atoms. The minimum atomic E-state index is -1.63. The number of benzene rings is 1. The molecule has 1 heterocycles. The maximum atomic E-state index is 13.6. The number of nitrogens with zero attached hydrogens (tertiary/aromatic N) is 1. The number of hydrogen-bond acceptors (Lipinski definition) is 2. The van der Waals surface area contributed by atoms with Crippen molar-refractivity contribution in [2.45, 2.75) is 26.2 Å². The first kappa shape index (κ1) is 16.8. The molecule has 1 aliphatic heterocycles. The Labute approximate surface area is 138 Å². The van der Waals surface area contributed by atoms with Crippen LogP contribution >= 0.6 is 0 Å². The highest BCUT2D eigenvalue weighted by Crippen LogP contribution is 2.41. The summed E-state index contributed by atoms with van der Waals surface area (Å²) >= 11 is 0. The first-order chi connectivity index (χ1) is 11.4. The van der Waals surface area contributed by atoms with E-state index in [1.807, 2.05) is 0 Å². The number of likely N-dealkylation sites (tertiary alicyclic amines) is 1. The van der Waals surface area contributed by atoms with Gasteiger partial charge in [-0.25, -0.2) is 13.2 Å². The largest absolute Gasteiger partial charge is 0.342 e. The smallest absolute Gasteiger partial charge is 0.228 e. The number of nitrogens with one attached hydrogen (secondary N) is 1. The summed E-state index contributed by atoms with van der Waals surface area (Å²) < 4.78 is 39.7. The van der Waals surface area contributed by atoms with Crippen molar-refractivity contribution >= 4 is 17.5 Å². The molecule has 2 fully saturated rings. The zero-order valence-corrected chi connectivity index (χ0v) is 13.3. The highest BCUT2D eigenvalue weighted by atomic mass is 19.2. The van der Waals surface area contributed by atoms with Crippen molar-refractivity contribution in [1.29, 1.82) is 0 Å². The van der Waals surface area contributed by atoms with E-state index >= 15 is 0 Å². The fraction of sp³-hybridized carbons (Fsp3) is 0.529. The van der Waals surface area contributed by atoms with Gasteiger partial charge in [0.15, 0.2) is 17.5 Å². The van der Waals surface area contributed by atoms with Gasteiger partial charge in [0, 0.05) is 13.1 Å². The average Bonchev–Trinajstić information content (AvgIpc) is 3.35. The van der Waals surface area contributed by atoms with Crippen molar-refractivity contribution in [2.24, 2.45) is 17.8 Å². The van der Waals surface area contributed by atoms with Crippen LogP contribution in [0.25, 0.3) is 0 Å². The Balaban J connectivity index is 1.60. The Morgan fingerprint density at radius 3 is 2.62 bits per heavy atom. The molecule has 24 heavy (non-hydrogen) atoms. The molecule has 1 aromatic rings.